The highest BCUT2D eigenvalue weighted by Crippen LogP contribution is 2.23. The fraction of sp³-hybridized carbons (Fsp3) is 0.211. The lowest BCUT2D eigenvalue weighted by atomic mass is 10.1. The first-order valence-corrected chi connectivity index (χ1v) is 8.49. The van der Waals surface area contributed by atoms with Crippen LogP contribution in [0.1, 0.15) is 16.8 Å². The van der Waals surface area contributed by atoms with E-state index in [0.29, 0.717) is 29.5 Å². The molecule has 1 aliphatic rings. The van der Waals surface area contributed by atoms with Gasteiger partial charge >= 0.3 is 0 Å². The highest BCUT2D eigenvalue weighted by Gasteiger charge is 2.20. The van der Waals surface area contributed by atoms with E-state index in [9.17, 15) is 4.39 Å². The fourth-order valence-corrected chi connectivity index (χ4v) is 3.15. The summed E-state index contributed by atoms with van der Waals surface area (Å²) in [5.41, 5.74) is 3.72. The number of hydrogen-bond donors (Lipinski definition) is 0. The number of halogens is 2. The number of aromatic nitrogens is 3. The Balaban J connectivity index is 1.52. The zero-order valence-electron chi connectivity index (χ0n) is 13.5. The van der Waals surface area contributed by atoms with Gasteiger partial charge in [-0.15, -0.1) is 0 Å². The van der Waals surface area contributed by atoms with Gasteiger partial charge in [0, 0.05) is 60.2 Å². The van der Waals surface area contributed by atoms with Crippen molar-refractivity contribution in [2.24, 2.45) is 0 Å². The molecule has 0 unspecified atom stereocenters. The quantitative estimate of drug-likeness (QED) is 0.669. The molecule has 0 N–H and O–H groups in total. The van der Waals surface area contributed by atoms with E-state index >= 15 is 0 Å². The Labute approximate surface area is 150 Å². The van der Waals surface area contributed by atoms with E-state index in [1.807, 2.05) is 30.5 Å². The van der Waals surface area contributed by atoms with E-state index in [4.69, 9.17) is 16.6 Å². The largest absolute Gasteiger partial charge is 0.294 e. The molecule has 2 aromatic heterocycles. The molecule has 0 radical (unpaired) electrons. The van der Waals surface area contributed by atoms with Gasteiger partial charge in [0.1, 0.15) is 0 Å². The Morgan fingerprint density at radius 1 is 1.12 bits per heavy atom. The predicted molar refractivity (Wildman–Crippen MR) is 94.5 cm³/mol. The molecule has 25 heavy (non-hydrogen) atoms. The second-order valence-electron chi connectivity index (χ2n) is 6.09. The normalized spacial score (nSPS) is 14.3. The van der Waals surface area contributed by atoms with E-state index in [1.165, 1.54) is 6.20 Å². The summed E-state index contributed by atoms with van der Waals surface area (Å²) in [6.45, 7) is 2.08. The van der Waals surface area contributed by atoms with Crippen molar-refractivity contribution < 1.29 is 4.39 Å². The minimum Gasteiger partial charge on any atom is -0.294 e. The fourth-order valence-electron chi connectivity index (χ4n) is 3.03. The molecule has 126 valence electrons. The SMILES string of the molecule is Fc1ncccc1CN1CCc2nc(-c3ccc(Cl)cc3)ncc2C1. The van der Waals surface area contributed by atoms with Crippen LogP contribution in [0.25, 0.3) is 11.4 Å². The molecule has 1 aromatic carbocycles. The molecule has 4 nitrogen and oxygen atoms in total. The Morgan fingerprint density at radius 2 is 1.96 bits per heavy atom. The smallest absolute Gasteiger partial charge is 0.217 e. The van der Waals surface area contributed by atoms with Crippen molar-refractivity contribution >= 4 is 11.6 Å². The Bertz CT molecular complexity index is 898. The molecule has 0 saturated heterocycles. The van der Waals surface area contributed by atoms with Gasteiger partial charge in [-0.3, -0.25) is 4.90 Å². The van der Waals surface area contributed by atoms with Gasteiger partial charge in [-0.2, -0.15) is 4.39 Å². The standard InChI is InChI=1S/C19H16ClFN4/c20-16-5-3-13(4-6-16)19-23-10-15-12-25(9-7-17(15)24-19)11-14-2-1-8-22-18(14)21/h1-6,8,10H,7,9,11-12H2. The van der Waals surface area contributed by atoms with Gasteiger partial charge in [0.25, 0.3) is 0 Å². The third-order valence-corrected chi connectivity index (χ3v) is 4.60. The van der Waals surface area contributed by atoms with Crippen molar-refractivity contribution in [3.8, 4) is 11.4 Å². The average molecular weight is 355 g/mol. The van der Waals surface area contributed by atoms with E-state index in [-0.39, 0.29) is 0 Å². The number of rotatable bonds is 3. The van der Waals surface area contributed by atoms with Gasteiger partial charge in [0.15, 0.2) is 5.82 Å². The third kappa shape index (κ3) is 3.52. The van der Waals surface area contributed by atoms with Gasteiger partial charge in [0.2, 0.25) is 5.95 Å². The zero-order valence-corrected chi connectivity index (χ0v) is 14.2. The zero-order chi connectivity index (χ0) is 17.2. The summed E-state index contributed by atoms with van der Waals surface area (Å²) in [5, 5.41) is 0.694. The molecule has 0 saturated carbocycles. The number of fused-ring (bicyclic) bond motifs is 1. The van der Waals surface area contributed by atoms with Gasteiger partial charge in [-0.05, 0) is 30.3 Å². The highest BCUT2D eigenvalue weighted by atomic mass is 35.5. The molecule has 3 aromatic rings. The molecule has 1 aliphatic heterocycles. The van der Waals surface area contributed by atoms with Crippen molar-refractivity contribution in [2.45, 2.75) is 19.5 Å². The van der Waals surface area contributed by atoms with Crippen LogP contribution in [0.5, 0.6) is 0 Å². The van der Waals surface area contributed by atoms with Gasteiger partial charge in [-0.1, -0.05) is 17.7 Å². The summed E-state index contributed by atoms with van der Waals surface area (Å²) < 4.78 is 13.7. The van der Waals surface area contributed by atoms with Crippen LogP contribution in [0.4, 0.5) is 4.39 Å². The maximum absolute atomic E-state index is 13.7. The minimum absolute atomic E-state index is 0.400. The first kappa shape index (κ1) is 16.1. The van der Waals surface area contributed by atoms with Crippen molar-refractivity contribution in [1.29, 1.82) is 0 Å². The molecule has 0 fully saturated rings. The summed E-state index contributed by atoms with van der Waals surface area (Å²) in [5.74, 6) is 0.310. The monoisotopic (exact) mass is 354 g/mol. The number of hydrogen-bond acceptors (Lipinski definition) is 4. The Kier molecular flexibility index (Phi) is 4.42. The van der Waals surface area contributed by atoms with E-state index < -0.39 is 5.95 Å². The number of pyridine rings is 1. The second kappa shape index (κ2) is 6.86. The number of nitrogens with zero attached hydrogens (tertiary/aromatic N) is 4. The Hall–Kier alpha value is -2.37. The lowest BCUT2D eigenvalue weighted by molar-refractivity contribution is 0.239. The van der Waals surface area contributed by atoms with Crippen LogP contribution in [-0.2, 0) is 19.5 Å². The molecule has 4 rings (SSSR count). The molecule has 0 spiro atoms. The van der Waals surface area contributed by atoms with Crippen LogP contribution in [-0.4, -0.2) is 26.4 Å². The molecule has 6 heteroatoms. The molecule has 0 atom stereocenters. The highest BCUT2D eigenvalue weighted by molar-refractivity contribution is 6.30. The van der Waals surface area contributed by atoms with Crippen LogP contribution in [0.15, 0.2) is 48.8 Å². The van der Waals surface area contributed by atoms with Crippen LogP contribution in [0.3, 0.4) is 0 Å². The summed E-state index contributed by atoms with van der Waals surface area (Å²) in [7, 11) is 0. The van der Waals surface area contributed by atoms with Crippen LogP contribution in [0.2, 0.25) is 5.02 Å². The molecular formula is C19H16ClFN4. The molecule has 0 amide bonds. The topological polar surface area (TPSA) is 41.9 Å². The van der Waals surface area contributed by atoms with E-state index in [1.54, 1.807) is 12.1 Å². The van der Waals surface area contributed by atoms with Crippen molar-refractivity contribution in [3.05, 3.63) is 76.6 Å². The average Bonchev–Trinajstić information content (AvgIpc) is 2.64. The molecular weight excluding hydrogens is 339 g/mol. The maximum Gasteiger partial charge on any atom is 0.217 e. The predicted octanol–water partition coefficient (Wildman–Crippen LogP) is 3.89. The third-order valence-electron chi connectivity index (χ3n) is 4.35. The van der Waals surface area contributed by atoms with Gasteiger partial charge < -0.3 is 0 Å². The van der Waals surface area contributed by atoms with Crippen molar-refractivity contribution in [2.75, 3.05) is 6.54 Å². The van der Waals surface area contributed by atoms with Gasteiger partial charge in [-0.25, -0.2) is 15.0 Å². The van der Waals surface area contributed by atoms with Crippen molar-refractivity contribution in [1.82, 2.24) is 19.9 Å². The lowest BCUT2D eigenvalue weighted by Crippen LogP contribution is -2.31. The summed E-state index contributed by atoms with van der Waals surface area (Å²) >= 11 is 5.93. The van der Waals surface area contributed by atoms with Gasteiger partial charge in [0.05, 0.1) is 5.69 Å². The van der Waals surface area contributed by atoms with E-state index in [2.05, 4.69) is 14.9 Å². The summed E-state index contributed by atoms with van der Waals surface area (Å²) in [6, 6.07) is 11.1. The number of benzene rings is 1. The van der Waals surface area contributed by atoms with E-state index in [0.717, 1.165) is 29.8 Å². The molecule has 0 aliphatic carbocycles. The summed E-state index contributed by atoms with van der Waals surface area (Å²) in [6.07, 6.45) is 4.16. The minimum atomic E-state index is -0.400. The Morgan fingerprint density at radius 3 is 2.76 bits per heavy atom. The van der Waals surface area contributed by atoms with Crippen molar-refractivity contribution in [3.63, 3.8) is 0 Å². The lowest BCUT2D eigenvalue weighted by Gasteiger charge is -2.28. The first-order valence-electron chi connectivity index (χ1n) is 8.11. The van der Waals surface area contributed by atoms with Crippen LogP contribution < -0.4 is 0 Å². The second-order valence-corrected chi connectivity index (χ2v) is 6.52. The van der Waals surface area contributed by atoms with Crippen LogP contribution in [0, 0.1) is 5.95 Å². The molecule has 3 heterocycles. The first-order chi connectivity index (χ1) is 12.2. The molecule has 0 bridgehead atoms. The summed E-state index contributed by atoms with van der Waals surface area (Å²) in [4.78, 5) is 15.1. The maximum atomic E-state index is 13.7. The van der Waals surface area contributed by atoms with Crippen LogP contribution >= 0.6 is 11.6 Å².